The van der Waals surface area contributed by atoms with Crippen LogP contribution in [0.15, 0.2) is 0 Å². The lowest BCUT2D eigenvalue weighted by atomic mass is 10.1. The molecule has 0 saturated carbocycles. The van der Waals surface area contributed by atoms with E-state index in [1.807, 2.05) is 0 Å². The highest BCUT2D eigenvalue weighted by atomic mass is 17.3. The van der Waals surface area contributed by atoms with Crippen molar-refractivity contribution in [3.63, 3.8) is 0 Å². The van der Waals surface area contributed by atoms with Crippen LogP contribution in [-0.2, 0) is 19.2 Å². The minimum Gasteiger partial charge on any atom is -0.432 e. The van der Waals surface area contributed by atoms with Gasteiger partial charge in [0.15, 0.2) is 0 Å². The highest BCUT2D eigenvalue weighted by Crippen LogP contribution is 2.11. The molecule has 0 radical (unpaired) electrons. The minimum absolute atomic E-state index is 0.270. The summed E-state index contributed by atoms with van der Waals surface area (Å²) in [7, 11) is 0. The first-order valence-electron chi connectivity index (χ1n) is 13.4. The van der Waals surface area contributed by atoms with Gasteiger partial charge in [0.2, 0.25) is 0 Å². The highest BCUT2D eigenvalue weighted by molar-refractivity contribution is 5.63. The Labute approximate surface area is 197 Å². The molecule has 0 spiro atoms. The van der Waals surface area contributed by atoms with E-state index in [9.17, 15) is 9.59 Å². The van der Waals surface area contributed by atoms with Gasteiger partial charge in [-0.3, -0.25) is 0 Å². The van der Waals surface area contributed by atoms with Gasteiger partial charge in [-0.1, -0.05) is 129 Å². The molecule has 0 aromatic heterocycles. The first-order chi connectivity index (χ1) is 15.7. The van der Waals surface area contributed by atoms with Gasteiger partial charge in [-0.25, -0.2) is 0 Å². The van der Waals surface area contributed by atoms with E-state index in [0.717, 1.165) is 38.5 Å². The molecule has 0 aromatic carbocycles. The van der Waals surface area contributed by atoms with Gasteiger partial charge in [-0.15, -0.1) is 0 Å². The Morgan fingerprint density at radius 1 is 0.406 bits per heavy atom. The third kappa shape index (κ3) is 24.8. The van der Waals surface area contributed by atoms with Crippen LogP contribution in [0.3, 0.4) is 0 Å². The van der Waals surface area contributed by atoms with Crippen molar-refractivity contribution in [2.24, 2.45) is 0 Å². The van der Waals surface area contributed by atoms with Gasteiger partial charge in [-0.05, 0) is 12.8 Å². The number of hydrogen-bond acceptors (Lipinski definition) is 6. The normalized spacial score (nSPS) is 10.7. The maximum absolute atomic E-state index is 11.4. The maximum atomic E-state index is 11.4. The summed E-state index contributed by atoms with van der Waals surface area (Å²) in [6.07, 6.45) is 22.2. The lowest BCUT2D eigenvalue weighted by molar-refractivity contribution is -0.217. The number of hydrogen-bond donors (Lipinski definition) is 0. The van der Waals surface area contributed by atoms with Crippen molar-refractivity contribution in [2.75, 3.05) is 13.2 Å². The Balaban J connectivity index is 3.30. The fourth-order valence-electron chi connectivity index (χ4n) is 3.61. The van der Waals surface area contributed by atoms with Crippen molar-refractivity contribution < 1.29 is 28.8 Å². The van der Waals surface area contributed by atoms with Gasteiger partial charge < -0.3 is 9.47 Å². The van der Waals surface area contributed by atoms with Crippen LogP contribution in [-0.4, -0.2) is 25.5 Å². The predicted octanol–water partition coefficient (Wildman–Crippen LogP) is 9.05. The summed E-state index contributed by atoms with van der Waals surface area (Å²) < 4.78 is 9.76. The molecular formula is C26H50O6. The van der Waals surface area contributed by atoms with Crippen LogP contribution in [0.25, 0.3) is 0 Å². The van der Waals surface area contributed by atoms with Crippen LogP contribution >= 0.6 is 0 Å². The van der Waals surface area contributed by atoms with Crippen LogP contribution in [0.5, 0.6) is 0 Å². The molecule has 0 amide bonds. The standard InChI is InChI=1S/C26H50O6/c1-3-5-7-9-11-13-15-17-19-21-23-29-25(27)31-32-26(28)30-24-22-20-18-16-14-12-10-8-6-4-2/h3-24H2,1-2H3. The van der Waals surface area contributed by atoms with E-state index >= 15 is 0 Å². The molecule has 0 unspecified atom stereocenters. The average Bonchev–Trinajstić information content (AvgIpc) is 2.79. The maximum Gasteiger partial charge on any atom is 0.549 e. The molecule has 0 saturated heterocycles. The molecule has 6 heteroatoms. The summed E-state index contributed by atoms with van der Waals surface area (Å²) in [6.45, 7) is 5.00. The van der Waals surface area contributed by atoms with E-state index in [1.54, 1.807) is 0 Å². The Bertz CT molecular complexity index is 375. The Hall–Kier alpha value is -1.46. The second kappa shape index (κ2) is 25.8. The third-order valence-electron chi connectivity index (χ3n) is 5.61. The van der Waals surface area contributed by atoms with E-state index in [-0.39, 0.29) is 13.2 Å². The number of rotatable bonds is 22. The SMILES string of the molecule is CCCCCCCCCCCCOC(=O)OOC(=O)OCCCCCCCCCCCC. The van der Waals surface area contributed by atoms with Crippen molar-refractivity contribution in [1.29, 1.82) is 0 Å². The van der Waals surface area contributed by atoms with Gasteiger partial charge in [0, 0.05) is 0 Å². The molecule has 0 aliphatic carbocycles. The lowest BCUT2D eigenvalue weighted by Gasteiger charge is -2.06. The second-order valence-electron chi connectivity index (χ2n) is 8.73. The molecule has 0 aromatic rings. The number of carbonyl (C=O) groups is 2. The summed E-state index contributed by atoms with van der Waals surface area (Å²) in [5.74, 6) is 0. The summed E-state index contributed by atoms with van der Waals surface area (Å²) in [6, 6.07) is 0. The fraction of sp³-hybridized carbons (Fsp3) is 0.923. The zero-order chi connectivity index (χ0) is 23.5. The largest absolute Gasteiger partial charge is 0.549 e. The monoisotopic (exact) mass is 458 g/mol. The van der Waals surface area contributed by atoms with Crippen LogP contribution in [0.1, 0.15) is 142 Å². The van der Waals surface area contributed by atoms with Gasteiger partial charge in [0.05, 0.1) is 13.2 Å². The summed E-state index contributed by atoms with van der Waals surface area (Å²) in [5.41, 5.74) is 0. The molecule has 0 atom stereocenters. The number of carbonyl (C=O) groups excluding carboxylic acids is 2. The third-order valence-corrected chi connectivity index (χ3v) is 5.61. The zero-order valence-corrected chi connectivity index (χ0v) is 21.0. The smallest absolute Gasteiger partial charge is 0.432 e. The Kier molecular flexibility index (Phi) is 24.6. The van der Waals surface area contributed by atoms with Crippen molar-refractivity contribution in [3.8, 4) is 0 Å². The Morgan fingerprint density at radius 2 is 0.656 bits per heavy atom. The van der Waals surface area contributed by atoms with E-state index in [0.29, 0.717) is 0 Å². The summed E-state index contributed by atoms with van der Waals surface area (Å²) >= 11 is 0. The molecule has 190 valence electrons. The number of ether oxygens (including phenoxy) is 2. The molecule has 0 N–H and O–H groups in total. The highest BCUT2D eigenvalue weighted by Gasteiger charge is 2.11. The van der Waals surface area contributed by atoms with Crippen LogP contribution in [0.2, 0.25) is 0 Å². The number of unbranched alkanes of at least 4 members (excludes halogenated alkanes) is 18. The second-order valence-corrected chi connectivity index (χ2v) is 8.73. The summed E-state index contributed by atoms with van der Waals surface area (Å²) in [4.78, 5) is 31.4. The van der Waals surface area contributed by atoms with Gasteiger partial charge >= 0.3 is 12.3 Å². The van der Waals surface area contributed by atoms with Crippen molar-refractivity contribution in [1.82, 2.24) is 0 Å². The van der Waals surface area contributed by atoms with Crippen molar-refractivity contribution in [2.45, 2.75) is 142 Å². The van der Waals surface area contributed by atoms with Crippen LogP contribution in [0.4, 0.5) is 9.59 Å². The van der Waals surface area contributed by atoms with E-state index in [1.165, 1.54) is 89.9 Å². The molecule has 6 nitrogen and oxygen atoms in total. The molecule has 0 heterocycles. The predicted molar refractivity (Wildman–Crippen MR) is 129 cm³/mol. The molecule has 0 bridgehead atoms. The van der Waals surface area contributed by atoms with E-state index < -0.39 is 12.3 Å². The summed E-state index contributed by atoms with van der Waals surface area (Å²) in [5, 5.41) is 0. The average molecular weight is 459 g/mol. The molecule has 0 fully saturated rings. The quantitative estimate of drug-likeness (QED) is 0.0697. The Morgan fingerprint density at radius 3 is 0.938 bits per heavy atom. The molecule has 32 heavy (non-hydrogen) atoms. The lowest BCUT2D eigenvalue weighted by Crippen LogP contribution is -2.14. The first-order valence-corrected chi connectivity index (χ1v) is 13.4. The topological polar surface area (TPSA) is 71.1 Å². The van der Waals surface area contributed by atoms with Crippen LogP contribution in [0, 0.1) is 0 Å². The van der Waals surface area contributed by atoms with Gasteiger partial charge in [0.25, 0.3) is 0 Å². The van der Waals surface area contributed by atoms with Gasteiger partial charge in [-0.2, -0.15) is 19.4 Å². The first kappa shape index (κ1) is 30.5. The molecule has 0 rings (SSSR count). The minimum atomic E-state index is -1.00. The van der Waals surface area contributed by atoms with Crippen molar-refractivity contribution in [3.05, 3.63) is 0 Å². The van der Waals surface area contributed by atoms with Crippen molar-refractivity contribution >= 4 is 12.3 Å². The van der Waals surface area contributed by atoms with Gasteiger partial charge in [0.1, 0.15) is 0 Å². The molecule has 0 aliphatic rings. The van der Waals surface area contributed by atoms with E-state index in [4.69, 9.17) is 9.47 Å². The van der Waals surface area contributed by atoms with Crippen LogP contribution < -0.4 is 0 Å². The molecule has 0 aliphatic heterocycles. The zero-order valence-electron chi connectivity index (χ0n) is 21.0. The molecular weight excluding hydrogens is 408 g/mol. The van der Waals surface area contributed by atoms with E-state index in [2.05, 4.69) is 23.6 Å². The fourth-order valence-corrected chi connectivity index (χ4v) is 3.61.